The molecule has 0 radical (unpaired) electrons. The fraction of sp³-hybridized carbons (Fsp3) is 0.125. The molecule has 0 saturated carbocycles. The molecule has 0 fully saturated rings. The lowest BCUT2D eigenvalue weighted by Crippen LogP contribution is -2.15. The number of benzene rings is 1. The number of nitrogens with zero attached hydrogens (tertiary/aromatic N) is 3. The lowest BCUT2D eigenvalue weighted by Gasteiger charge is -2.08. The third-order valence-corrected chi connectivity index (χ3v) is 5.74. The maximum Gasteiger partial charge on any atom is 0.267 e. The number of carbonyl (C=O) groups is 1. The van der Waals surface area contributed by atoms with Crippen molar-refractivity contribution < 1.29 is 13.2 Å². The summed E-state index contributed by atoms with van der Waals surface area (Å²) in [4.78, 5) is 24.7. The second-order valence-corrected chi connectivity index (χ2v) is 8.19. The van der Waals surface area contributed by atoms with Gasteiger partial charge in [-0.05, 0) is 44.2 Å². The molecule has 0 saturated heterocycles. The smallest absolute Gasteiger partial charge is 0.267 e. The number of aryl methyl sites for hydroxylation is 2. The van der Waals surface area contributed by atoms with E-state index < -0.39 is 10.0 Å². The van der Waals surface area contributed by atoms with Gasteiger partial charge in [-0.15, -0.1) is 11.3 Å². The first-order valence-corrected chi connectivity index (χ1v) is 9.80. The summed E-state index contributed by atoms with van der Waals surface area (Å²) in [7, 11) is -3.81. The normalized spacial score (nSPS) is 11.2. The van der Waals surface area contributed by atoms with Gasteiger partial charge in [-0.2, -0.15) is 0 Å². The summed E-state index contributed by atoms with van der Waals surface area (Å²) in [6.45, 7) is 3.60. The number of aromatic nitrogens is 3. The molecular weight excluding hydrogens is 374 g/mol. The molecule has 10 heteroatoms. The second-order valence-electron chi connectivity index (χ2n) is 5.30. The van der Waals surface area contributed by atoms with Crippen LogP contribution in [0.5, 0.6) is 0 Å². The first-order chi connectivity index (χ1) is 12.3. The van der Waals surface area contributed by atoms with Gasteiger partial charge in [0.25, 0.3) is 15.9 Å². The Bertz CT molecular complexity index is 1030. The molecule has 26 heavy (non-hydrogen) atoms. The maximum atomic E-state index is 12.3. The lowest BCUT2D eigenvalue weighted by molar-refractivity contribution is 0.103. The van der Waals surface area contributed by atoms with Gasteiger partial charge < -0.3 is 5.32 Å². The van der Waals surface area contributed by atoms with Crippen molar-refractivity contribution in [3.05, 3.63) is 58.3 Å². The minimum absolute atomic E-state index is 0.0130. The number of carbonyl (C=O) groups excluding carboxylic acids is 1. The number of thiazole rings is 1. The van der Waals surface area contributed by atoms with Gasteiger partial charge in [0.2, 0.25) is 5.95 Å². The Hall–Kier alpha value is -2.85. The van der Waals surface area contributed by atoms with Crippen molar-refractivity contribution in [3.8, 4) is 0 Å². The minimum atomic E-state index is -3.81. The zero-order valence-electron chi connectivity index (χ0n) is 13.9. The summed E-state index contributed by atoms with van der Waals surface area (Å²) in [6, 6.07) is 7.40. The first-order valence-electron chi connectivity index (χ1n) is 7.50. The van der Waals surface area contributed by atoms with Crippen LogP contribution >= 0.6 is 11.3 Å². The van der Waals surface area contributed by atoms with E-state index in [1.165, 1.54) is 48.0 Å². The van der Waals surface area contributed by atoms with Crippen molar-refractivity contribution in [1.29, 1.82) is 0 Å². The summed E-state index contributed by atoms with van der Waals surface area (Å²) in [5.41, 5.74) is 1.15. The van der Waals surface area contributed by atoms with Crippen molar-refractivity contribution in [2.45, 2.75) is 18.7 Å². The van der Waals surface area contributed by atoms with E-state index in [4.69, 9.17) is 0 Å². The van der Waals surface area contributed by atoms with Crippen molar-refractivity contribution in [3.63, 3.8) is 0 Å². The molecule has 0 aliphatic heterocycles. The van der Waals surface area contributed by atoms with Crippen LogP contribution < -0.4 is 10.0 Å². The molecular formula is C16H15N5O3S2. The van der Waals surface area contributed by atoms with E-state index in [1.54, 1.807) is 13.0 Å². The van der Waals surface area contributed by atoms with E-state index >= 15 is 0 Å². The van der Waals surface area contributed by atoms with Gasteiger partial charge in [-0.25, -0.2) is 28.1 Å². The molecule has 0 aliphatic carbocycles. The maximum absolute atomic E-state index is 12.3. The molecule has 3 aromatic rings. The Labute approximate surface area is 154 Å². The van der Waals surface area contributed by atoms with Crippen LogP contribution in [0.3, 0.4) is 0 Å². The average Bonchev–Trinajstić information content (AvgIpc) is 2.94. The zero-order valence-corrected chi connectivity index (χ0v) is 15.6. The van der Waals surface area contributed by atoms with E-state index in [0.717, 1.165) is 5.01 Å². The van der Waals surface area contributed by atoms with Crippen LogP contribution in [0.2, 0.25) is 0 Å². The van der Waals surface area contributed by atoms with Crippen LogP contribution in [-0.2, 0) is 10.0 Å². The van der Waals surface area contributed by atoms with Crippen LogP contribution in [0, 0.1) is 13.8 Å². The van der Waals surface area contributed by atoms with E-state index in [-0.39, 0.29) is 16.8 Å². The van der Waals surface area contributed by atoms with Crippen molar-refractivity contribution in [1.82, 2.24) is 15.0 Å². The predicted molar refractivity (Wildman–Crippen MR) is 98.8 cm³/mol. The van der Waals surface area contributed by atoms with Gasteiger partial charge in [0, 0.05) is 18.1 Å². The fourth-order valence-corrected chi connectivity index (χ4v) is 3.95. The molecule has 0 aliphatic rings. The topological polar surface area (TPSA) is 114 Å². The number of nitrogens with one attached hydrogen (secondary N) is 2. The Kier molecular flexibility index (Phi) is 4.96. The number of anilines is 2. The molecule has 2 N–H and O–H groups in total. The fourth-order valence-electron chi connectivity index (χ4n) is 2.18. The first kappa shape index (κ1) is 18.0. The number of amides is 1. The summed E-state index contributed by atoms with van der Waals surface area (Å²) in [5.74, 6) is -0.291. The summed E-state index contributed by atoms with van der Waals surface area (Å²) in [6.07, 6.45) is 2.87. The van der Waals surface area contributed by atoms with E-state index in [9.17, 15) is 13.2 Å². The van der Waals surface area contributed by atoms with E-state index in [0.29, 0.717) is 16.3 Å². The van der Waals surface area contributed by atoms with Crippen LogP contribution in [0.25, 0.3) is 0 Å². The van der Waals surface area contributed by atoms with Crippen LogP contribution in [-0.4, -0.2) is 29.3 Å². The SMILES string of the molecule is Cc1nc(C)c(C(=O)Nc2ccc(S(=O)(=O)Nc3ncccn3)cc2)s1. The second kappa shape index (κ2) is 7.18. The van der Waals surface area contributed by atoms with Crippen LogP contribution in [0.15, 0.2) is 47.6 Å². The highest BCUT2D eigenvalue weighted by Crippen LogP contribution is 2.20. The molecule has 0 bridgehead atoms. The molecule has 1 aromatic carbocycles. The Morgan fingerprint density at radius 1 is 1.08 bits per heavy atom. The van der Waals surface area contributed by atoms with E-state index in [1.807, 2.05) is 6.92 Å². The van der Waals surface area contributed by atoms with Crippen LogP contribution in [0.4, 0.5) is 11.6 Å². The summed E-state index contributed by atoms with van der Waals surface area (Å²) < 4.78 is 26.9. The Morgan fingerprint density at radius 2 is 1.73 bits per heavy atom. The lowest BCUT2D eigenvalue weighted by atomic mass is 10.3. The zero-order chi connectivity index (χ0) is 18.7. The molecule has 0 spiro atoms. The highest BCUT2D eigenvalue weighted by atomic mass is 32.2. The van der Waals surface area contributed by atoms with Crippen LogP contribution in [0.1, 0.15) is 20.4 Å². The summed E-state index contributed by atoms with van der Waals surface area (Å²) >= 11 is 1.31. The van der Waals surface area contributed by atoms with Crippen molar-refractivity contribution in [2.24, 2.45) is 0 Å². The van der Waals surface area contributed by atoms with Gasteiger partial charge in [-0.1, -0.05) is 0 Å². The number of hydrogen-bond acceptors (Lipinski definition) is 7. The Morgan fingerprint density at radius 3 is 2.31 bits per heavy atom. The average molecular weight is 389 g/mol. The molecule has 0 atom stereocenters. The van der Waals surface area contributed by atoms with Gasteiger partial charge in [0.15, 0.2) is 0 Å². The third kappa shape index (κ3) is 4.03. The van der Waals surface area contributed by atoms with Gasteiger partial charge in [-0.3, -0.25) is 4.79 Å². The molecule has 0 unspecified atom stereocenters. The van der Waals surface area contributed by atoms with Crippen molar-refractivity contribution in [2.75, 3.05) is 10.0 Å². The monoisotopic (exact) mass is 389 g/mol. The number of sulfonamides is 1. The molecule has 134 valence electrons. The van der Waals surface area contributed by atoms with Gasteiger partial charge in [0.1, 0.15) is 4.88 Å². The Balaban J connectivity index is 1.74. The predicted octanol–water partition coefficient (Wildman–Crippen LogP) is 2.60. The third-order valence-electron chi connectivity index (χ3n) is 3.32. The quantitative estimate of drug-likeness (QED) is 0.693. The highest BCUT2D eigenvalue weighted by molar-refractivity contribution is 7.92. The molecule has 1 amide bonds. The van der Waals surface area contributed by atoms with Gasteiger partial charge >= 0.3 is 0 Å². The standard InChI is InChI=1S/C16H15N5O3S2/c1-10-14(25-11(2)19-10)15(22)20-12-4-6-13(7-5-12)26(23,24)21-16-17-8-3-9-18-16/h3-9H,1-2H3,(H,20,22)(H,17,18,21). The molecule has 2 aromatic heterocycles. The number of hydrogen-bond donors (Lipinski definition) is 2. The summed E-state index contributed by atoms with van der Waals surface area (Å²) in [5, 5.41) is 3.54. The minimum Gasteiger partial charge on any atom is -0.321 e. The number of rotatable bonds is 5. The molecule has 8 nitrogen and oxygen atoms in total. The largest absolute Gasteiger partial charge is 0.321 e. The highest BCUT2D eigenvalue weighted by Gasteiger charge is 2.17. The molecule has 3 rings (SSSR count). The van der Waals surface area contributed by atoms with Crippen molar-refractivity contribution >= 4 is 38.9 Å². The molecule has 2 heterocycles. The van der Waals surface area contributed by atoms with E-state index in [2.05, 4.69) is 25.0 Å². The van der Waals surface area contributed by atoms with Gasteiger partial charge in [0.05, 0.1) is 15.6 Å².